The summed E-state index contributed by atoms with van der Waals surface area (Å²) in [6, 6.07) is 3.73. The van der Waals surface area contributed by atoms with Crippen molar-refractivity contribution >= 4 is 27.5 Å². The number of carbonyl (C=O) groups excluding carboxylic acids is 1. The van der Waals surface area contributed by atoms with Crippen LogP contribution in [0.15, 0.2) is 22.7 Å². The lowest BCUT2D eigenvalue weighted by Gasteiger charge is -2.19. The number of alkyl halides is 3. The average Bonchev–Trinajstić information content (AvgIpc) is 2.81. The predicted molar refractivity (Wildman–Crippen MR) is 96.5 cm³/mol. The molecular weight excluding hydrogens is 397 g/mol. The molecule has 0 saturated carbocycles. The predicted octanol–water partition coefficient (Wildman–Crippen LogP) is 5.45. The lowest BCUT2D eigenvalue weighted by molar-refractivity contribution is -0.138. The van der Waals surface area contributed by atoms with Gasteiger partial charge in [0.2, 0.25) is 5.91 Å². The fourth-order valence-electron chi connectivity index (χ4n) is 3.02. The minimum absolute atomic E-state index is 0.0320. The molecule has 7 heteroatoms. The van der Waals surface area contributed by atoms with Crippen molar-refractivity contribution in [1.82, 2.24) is 4.90 Å². The van der Waals surface area contributed by atoms with Gasteiger partial charge in [0, 0.05) is 16.6 Å². The highest BCUT2D eigenvalue weighted by atomic mass is 79.9. The van der Waals surface area contributed by atoms with E-state index in [2.05, 4.69) is 26.1 Å². The molecule has 1 N–H and O–H groups in total. The molecule has 1 amide bonds. The highest BCUT2D eigenvalue weighted by Crippen LogP contribution is 2.36. The zero-order valence-electron chi connectivity index (χ0n) is 14.2. The minimum Gasteiger partial charge on any atom is -0.326 e. The van der Waals surface area contributed by atoms with Crippen LogP contribution in [0.3, 0.4) is 0 Å². The number of amides is 1. The van der Waals surface area contributed by atoms with Crippen LogP contribution >= 0.6 is 15.9 Å². The molecule has 1 aliphatic heterocycles. The molecule has 0 aliphatic carbocycles. The van der Waals surface area contributed by atoms with Gasteiger partial charge in [0.25, 0.3) is 0 Å². The molecule has 1 heterocycles. The Labute approximate surface area is 155 Å². The topological polar surface area (TPSA) is 32.3 Å². The number of rotatable bonds is 6. The third-order valence-corrected chi connectivity index (χ3v) is 5.07. The van der Waals surface area contributed by atoms with E-state index in [1.165, 1.54) is 37.8 Å². The van der Waals surface area contributed by atoms with Gasteiger partial charge in [-0.05, 0) is 63.5 Å². The van der Waals surface area contributed by atoms with Gasteiger partial charge in [0.05, 0.1) is 5.56 Å². The maximum atomic E-state index is 12.9. The quantitative estimate of drug-likeness (QED) is 0.620. The van der Waals surface area contributed by atoms with Crippen LogP contribution in [0, 0.1) is 0 Å². The second kappa shape index (κ2) is 9.57. The molecule has 3 nitrogen and oxygen atoms in total. The van der Waals surface area contributed by atoms with E-state index in [0.29, 0.717) is 6.42 Å². The Kier molecular flexibility index (Phi) is 7.75. The van der Waals surface area contributed by atoms with Crippen molar-refractivity contribution in [3.8, 4) is 0 Å². The van der Waals surface area contributed by atoms with Crippen LogP contribution < -0.4 is 5.32 Å². The number of benzene rings is 1. The normalized spacial score (nSPS) is 16.5. The number of anilines is 1. The summed E-state index contributed by atoms with van der Waals surface area (Å²) < 4.78 is 38.6. The minimum atomic E-state index is -4.45. The van der Waals surface area contributed by atoms with E-state index in [9.17, 15) is 18.0 Å². The molecule has 0 atom stereocenters. The van der Waals surface area contributed by atoms with Crippen molar-refractivity contribution in [2.24, 2.45) is 0 Å². The van der Waals surface area contributed by atoms with Gasteiger partial charge in [-0.15, -0.1) is 0 Å². The van der Waals surface area contributed by atoms with Crippen molar-refractivity contribution in [2.75, 3.05) is 25.0 Å². The van der Waals surface area contributed by atoms with Crippen LogP contribution in [-0.2, 0) is 11.0 Å². The van der Waals surface area contributed by atoms with Crippen molar-refractivity contribution in [2.45, 2.75) is 51.1 Å². The Morgan fingerprint density at radius 3 is 2.44 bits per heavy atom. The first-order valence-corrected chi connectivity index (χ1v) is 9.54. The Bertz CT molecular complexity index is 570. The van der Waals surface area contributed by atoms with E-state index in [1.54, 1.807) is 0 Å². The SMILES string of the molecule is O=C(CCCCN1CCCCCC1)Nc1ccc(Br)c(C(F)(F)F)c1. The van der Waals surface area contributed by atoms with Crippen LogP contribution in [0.4, 0.5) is 18.9 Å². The Morgan fingerprint density at radius 2 is 1.80 bits per heavy atom. The Morgan fingerprint density at radius 1 is 1.12 bits per heavy atom. The summed E-state index contributed by atoms with van der Waals surface area (Å²) in [6.45, 7) is 3.25. The first kappa shape index (κ1) is 20.2. The molecule has 1 fully saturated rings. The number of unbranched alkanes of at least 4 members (excludes halogenated alkanes) is 1. The molecule has 0 bridgehead atoms. The summed E-state index contributed by atoms with van der Waals surface area (Å²) in [5.41, 5.74) is -0.612. The van der Waals surface area contributed by atoms with Gasteiger partial charge in [-0.3, -0.25) is 4.79 Å². The smallest absolute Gasteiger partial charge is 0.326 e. The molecule has 1 aromatic carbocycles. The van der Waals surface area contributed by atoms with Gasteiger partial charge in [-0.1, -0.05) is 28.8 Å². The average molecular weight is 421 g/mol. The highest BCUT2D eigenvalue weighted by Gasteiger charge is 2.33. The largest absolute Gasteiger partial charge is 0.417 e. The molecule has 1 saturated heterocycles. The van der Waals surface area contributed by atoms with Crippen molar-refractivity contribution < 1.29 is 18.0 Å². The van der Waals surface area contributed by atoms with Gasteiger partial charge in [-0.2, -0.15) is 13.2 Å². The fraction of sp³-hybridized carbons (Fsp3) is 0.611. The second-order valence-corrected chi connectivity index (χ2v) is 7.31. The van der Waals surface area contributed by atoms with Gasteiger partial charge in [0.1, 0.15) is 0 Å². The number of likely N-dealkylation sites (tertiary alicyclic amines) is 1. The second-order valence-electron chi connectivity index (χ2n) is 6.45. The van der Waals surface area contributed by atoms with Gasteiger partial charge in [-0.25, -0.2) is 0 Å². The molecule has 2 rings (SSSR count). The number of hydrogen-bond donors (Lipinski definition) is 1. The van der Waals surface area contributed by atoms with Crippen LogP contribution in [0.5, 0.6) is 0 Å². The molecule has 1 aromatic rings. The molecule has 0 radical (unpaired) electrons. The monoisotopic (exact) mass is 420 g/mol. The molecule has 1 aliphatic rings. The lowest BCUT2D eigenvalue weighted by Crippen LogP contribution is -2.25. The van der Waals surface area contributed by atoms with Crippen LogP contribution in [0.25, 0.3) is 0 Å². The van der Waals surface area contributed by atoms with E-state index in [-0.39, 0.29) is 16.1 Å². The van der Waals surface area contributed by atoms with Crippen molar-refractivity contribution in [3.05, 3.63) is 28.2 Å². The molecular formula is C18H24BrF3N2O. The number of halogens is 4. The molecule has 25 heavy (non-hydrogen) atoms. The summed E-state index contributed by atoms with van der Waals surface area (Å²) in [5, 5.41) is 2.56. The van der Waals surface area contributed by atoms with Crippen LogP contribution in [0.1, 0.15) is 50.5 Å². The fourth-order valence-corrected chi connectivity index (χ4v) is 3.50. The molecule has 140 valence electrons. The highest BCUT2D eigenvalue weighted by molar-refractivity contribution is 9.10. The standard InChI is InChI=1S/C18H24BrF3N2O/c19-16-9-8-14(13-15(16)18(20,21)22)23-17(25)7-3-6-12-24-10-4-1-2-5-11-24/h8-9,13H,1-7,10-12H2,(H,23,25). The Hall–Kier alpha value is -1.08. The third kappa shape index (κ3) is 6.98. The summed E-state index contributed by atoms with van der Waals surface area (Å²) in [7, 11) is 0. The molecule has 0 spiro atoms. The zero-order valence-corrected chi connectivity index (χ0v) is 15.8. The number of nitrogens with one attached hydrogen (secondary N) is 1. The van der Waals surface area contributed by atoms with Crippen LogP contribution in [0.2, 0.25) is 0 Å². The van der Waals surface area contributed by atoms with Crippen molar-refractivity contribution in [1.29, 1.82) is 0 Å². The van der Waals surface area contributed by atoms with Crippen LogP contribution in [-0.4, -0.2) is 30.4 Å². The summed E-state index contributed by atoms with van der Waals surface area (Å²) in [5.74, 6) is -0.244. The summed E-state index contributed by atoms with van der Waals surface area (Å²) in [6.07, 6.45) is 2.62. The van der Waals surface area contributed by atoms with E-state index in [0.717, 1.165) is 38.5 Å². The van der Waals surface area contributed by atoms with Gasteiger partial charge >= 0.3 is 6.18 Å². The molecule has 0 unspecified atom stereocenters. The zero-order chi connectivity index (χ0) is 18.3. The first-order chi connectivity index (χ1) is 11.9. The lowest BCUT2D eigenvalue weighted by atomic mass is 10.1. The van der Waals surface area contributed by atoms with E-state index >= 15 is 0 Å². The van der Waals surface area contributed by atoms with E-state index in [4.69, 9.17) is 0 Å². The number of hydrogen-bond acceptors (Lipinski definition) is 2. The van der Waals surface area contributed by atoms with E-state index < -0.39 is 11.7 Å². The van der Waals surface area contributed by atoms with Gasteiger partial charge < -0.3 is 10.2 Å². The molecule has 0 aromatic heterocycles. The van der Waals surface area contributed by atoms with Crippen molar-refractivity contribution in [3.63, 3.8) is 0 Å². The number of nitrogens with zero attached hydrogens (tertiary/aromatic N) is 1. The third-order valence-electron chi connectivity index (χ3n) is 4.38. The van der Waals surface area contributed by atoms with Gasteiger partial charge in [0.15, 0.2) is 0 Å². The number of carbonyl (C=O) groups is 1. The summed E-state index contributed by atoms with van der Waals surface area (Å²) in [4.78, 5) is 14.4. The Balaban J connectivity index is 1.75. The summed E-state index contributed by atoms with van der Waals surface area (Å²) >= 11 is 2.89. The maximum Gasteiger partial charge on any atom is 0.417 e. The maximum absolute atomic E-state index is 12.9. The van der Waals surface area contributed by atoms with E-state index in [1.807, 2.05) is 0 Å². The first-order valence-electron chi connectivity index (χ1n) is 8.75.